The van der Waals surface area contributed by atoms with Crippen molar-refractivity contribution in [1.29, 1.82) is 5.26 Å². The zero-order valence-electron chi connectivity index (χ0n) is 19.9. The van der Waals surface area contributed by atoms with E-state index in [4.69, 9.17) is 21.1 Å². The van der Waals surface area contributed by atoms with Crippen molar-refractivity contribution in [3.63, 3.8) is 0 Å². The van der Waals surface area contributed by atoms with E-state index in [1.165, 1.54) is 6.07 Å². The topological polar surface area (TPSA) is 127 Å². The second-order valence-corrected chi connectivity index (χ2v) is 12.2. The molecule has 36 heavy (non-hydrogen) atoms. The Morgan fingerprint density at radius 3 is 2.69 bits per heavy atom. The van der Waals surface area contributed by atoms with Crippen LogP contribution in [0.1, 0.15) is 43.8 Å². The van der Waals surface area contributed by atoms with Crippen LogP contribution in [-0.4, -0.2) is 61.1 Å². The van der Waals surface area contributed by atoms with E-state index >= 15 is 0 Å². The summed E-state index contributed by atoms with van der Waals surface area (Å²) in [6.07, 6.45) is 1.13. The van der Waals surface area contributed by atoms with Crippen molar-refractivity contribution in [2.45, 2.75) is 67.0 Å². The second-order valence-electron chi connectivity index (χ2n) is 9.60. The minimum Gasteiger partial charge on any atom is -0.425 e. The molecular formula is C24H28ClN5O5S. The monoisotopic (exact) mass is 533 g/mol. The first kappa shape index (κ1) is 24.9. The van der Waals surface area contributed by atoms with E-state index in [0.717, 1.165) is 18.5 Å². The number of rotatable bonds is 6. The molecule has 12 heteroatoms. The Kier molecular flexibility index (Phi) is 6.61. The molecule has 0 bridgehead atoms. The van der Waals surface area contributed by atoms with E-state index in [-0.39, 0.29) is 28.9 Å². The standard InChI is InChI=1S/C24H28ClN5O5S/c1-16-12-21(30(28-16)17-6-10-34-11-7-17)29-14-18(36(32,33)20-5-3-2-4-19(20)25)13-22(29)35-23(31)27-24(15-26)8-9-24/h2-5,12,17-18,22H,6-11,13-14H2,1H3,(H,27,31)/t18-,22+/m1/s1. The molecule has 1 amide bonds. The third-order valence-electron chi connectivity index (χ3n) is 7.01. The fourth-order valence-electron chi connectivity index (χ4n) is 4.85. The van der Waals surface area contributed by atoms with Crippen LogP contribution in [-0.2, 0) is 19.3 Å². The van der Waals surface area contributed by atoms with E-state index in [1.807, 2.05) is 17.7 Å². The fraction of sp³-hybridized carbons (Fsp3) is 0.542. The number of alkyl carbamates (subject to hydrolysis) is 1. The van der Waals surface area contributed by atoms with Crippen molar-refractivity contribution in [2.24, 2.45) is 0 Å². The van der Waals surface area contributed by atoms with Crippen LogP contribution in [0.3, 0.4) is 0 Å². The van der Waals surface area contributed by atoms with E-state index < -0.39 is 32.9 Å². The number of amides is 1. The van der Waals surface area contributed by atoms with Crippen molar-refractivity contribution in [3.8, 4) is 6.07 Å². The maximum atomic E-state index is 13.6. The Labute approximate surface area is 215 Å². The molecule has 0 unspecified atom stereocenters. The molecule has 2 aliphatic heterocycles. The van der Waals surface area contributed by atoms with Gasteiger partial charge in [-0.05, 0) is 44.7 Å². The minimum absolute atomic E-state index is 0.0530. The van der Waals surface area contributed by atoms with E-state index in [1.54, 1.807) is 23.1 Å². The number of sulfone groups is 1. The molecule has 1 aromatic carbocycles. The van der Waals surface area contributed by atoms with Gasteiger partial charge in [-0.15, -0.1) is 0 Å². The molecule has 2 aromatic rings. The van der Waals surface area contributed by atoms with Crippen LogP contribution in [0.2, 0.25) is 5.02 Å². The molecule has 1 saturated carbocycles. The van der Waals surface area contributed by atoms with Gasteiger partial charge in [0.1, 0.15) is 11.4 Å². The summed E-state index contributed by atoms with van der Waals surface area (Å²) in [5.41, 5.74) is -0.122. The molecule has 0 radical (unpaired) electrons. The normalized spacial score (nSPS) is 23.8. The highest BCUT2D eigenvalue weighted by molar-refractivity contribution is 7.92. The molecule has 1 aromatic heterocycles. The number of nitrogens with one attached hydrogen (secondary N) is 1. The van der Waals surface area contributed by atoms with Crippen LogP contribution in [0.4, 0.5) is 10.6 Å². The quantitative estimate of drug-likeness (QED) is 0.599. The van der Waals surface area contributed by atoms with E-state index in [9.17, 15) is 18.5 Å². The van der Waals surface area contributed by atoms with Crippen LogP contribution in [0, 0.1) is 18.3 Å². The van der Waals surface area contributed by atoms with Crippen LogP contribution in [0.25, 0.3) is 0 Å². The Bertz CT molecular complexity index is 1300. The number of hydrogen-bond donors (Lipinski definition) is 1. The van der Waals surface area contributed by atoms with Gasteiger partial charge < -0.3 is 19.7 Å². The van der Waals surface area contributed by atoms with E-state index in [0.29, 0.717) is 31.9 Å². The van der Waals surface area contributed by atoms with Gasteiger partial charge >= 0.3 is 6.09 Å². The summed E-state index contributed by atoms with van der Waals surface area (Å²) in [4.78, 5) is 14.6. The number of carbonyl (C=O) groups excluding carboxylic acids is 1. The largest absolute Gasteiger partial charge is 0.425 e. The molecule has 3 heterocycles. The van der Waals surface area contributed by atoms with Gasteiger partial charge in [-0.1, -0.05) is 23.7 Å². The number of carbonyl (C=O) groups is 1. The molecule has 3 aliphatic rings. The first-order chi connectivity index (χ1) is 17.2. The van der Waals surface area contributed by atoms with Crippen molar-refractivity contribution in [3.05, 3.63) is 41.0 Å². The highest BCUT2D eigenvalue weighted by Gasteiger charge is 2.48. The van der Waals surface area contributed by atoms with Crippen LogP contribution in [0.15, 0.2) is 35.2 Å². The number of hydrogen-bond acceptors (Lipinski definition) is 8. The fourth-order valence-corrected chi connectivity index (χ4v) is 7.05. The highest BCUT2D eigenvalue weighted by atomic mass is 35.5. The minimum atomic E-state index is -3.82. The molecule has 10 nitrogen and oxygen atoms in total. The average molecular weight is 534 g/mol. The first-order valence-corrected chi connectivity index (χ1v) is 13.9. The molecule has 3 fully saturated rings. The van der Waals surface area contributed by atoms with E-state index in [2.05, 4.69) is 16.5 Å². The summed E-state index contributed by atoms with van der Waals surface area (Å²) in [5.74, 6) is 0.690. The molecule has 1 N–H and O–H groups in total. The van der Waals surface area contributed by atoms with Crippen molar-refractivity contribution >= 4 is 33.3 Å². The Morgan fingerprint density at radius 2 is 2.03 bits per heavy atom. The van der Waals surface area contributed by atoms with Gasteiger partial charge in [0.15, 0.2) is 16.1 Å². The predicted octanol–water partition coefficient (Wildman–Crippen LogP) is 3.36. The summed E-state index contributed by atoms with van der Waals surface area (Å²) < 4.78 is 40.3. The molecule has 0 spiro atoms. The van der Waals surface area contributed by atoms with Gasteiger partial charge in [0.2, 0.25) is 0 Å². The van der Waals surface area contributed by atoms with Crippen LogP contribution >= 0.6 is 11.6 Å². The first-order valence-electron chi connectivity index (χ1n) is 12.0. The number of nitriles is 1. The van der Waals surface area contributed by atoms with Crippen LogP contribution < -0.4 is 10.2 Å². The number of aryl methyl sites for hydroxylation is 1. The molecule has 2 atom stereocenters. The zero-order chi connectivity index (χ0) is 25.5. The highest BCUT2D eigenvalue weighted by Crippen LogP contribution is 2.38. The van der Waals surface area contributed by atoms with Crippen molar-refractivity contribution in [1.82, 2.24) is 15.1 Å². The summed E-state index contributed by atoms with van der Waals surface area (Å²) in [6.45, 7) is 3.21. The zero-order valence-corrected chi connectivity index (χ0v) is 21.5. The molecule has 1 aliphatic carbocycles. The lowest BCUT2D eigenvalue weighted by Gasteiger charge is -2.30. The molecule has 5 rings (SSSR count). The SMILES string of the molecule is Cc1cc(N2C[C@H](S(=O)(=O)c3ccccc3Cl)C[C@@H]2OC(=O)NC2(C#N)CC2)n(C2CCOCC2)n1. The van der Waals surface area contributed by atoms with Crippen LogP contribution in [0.5, 0.6) is 0 Å². The van der Waals surface area contributed by atoms with Gasteiger partial charge in [-0.2, -0.15) is 10.4 Å². The lowest BCUT2D eigenvalue weighted by molar-refractivity contribution is 0.0656. The summed E-state index contributed by atoms with van der Waals surface area (Å²) in [7, 11) is -3.82. The summed E-state index contributed by atoms with van der Waals surface area (Å²) in [5, 5.41) is 15.9. The smallest absolute Gasteiger partial charge is 0.410 e. The number of halogens is 1. The van der Waals surface area contributed by atoms with Gasteiger partial charge in [0.05, 0.1) is 33.0 Å². The van der Waals surface area contributed by atoms with Gasteiger partial charge in [-0.25, -0.2) is 17.9 Å². The van der Waals surface area contributed by atoms with Gasteiger partial charge in [0.25, 0.3) is 0 Å². The molecule has 192 valence electrons. The summed E-state index contributed by atoms with van der Waals surface area (Å²) in [6, 6.07) is 10.4. The van der Waals surface area contributed by atoms with Crippen molar-refractivity contribution in [2.75, 3.05) is 24.7 Å². The number of anilines is 1. The third kappa shape index (κ3) is 4.77. The Hall–Kier alpha value is -2.81. The van der Waals surface area contributed by atoms with Gasteiger partial charge in [0, 0.05) is 32.2 Å². The maximum absolute atomic E-state index is 13.6. The lowest BCUT2D eigenvalue weighted by atomic mass is 10.1. The van der Waals surface area contributed by atoms with Crippen molar-refractivity contribution < 1.29 is 22.7 Å². The number of aromatic nitrogens is 2. The Morgan fingerprint density at radius 1 is 1.31 bits per heavy atom. The average Bonchev–Trinajstić information content (AvgIpc) is 3.32. The molecule has 2 saturated heterocycles. The second kappa shape index (κ2) is 9.57. The number of ether oxygens (including phenoxy) is 2. The predicted molar refractivity (Wildman–Crippen MR) is 131 cm³/mol. The van der Waals surface area contributed by atoms with Gasteiger partial charge in [-0.3, -0.25) is 0 Å². The third-order valence-corrected chi connectivity index (χ3v) is 9.64. The lowest BCUT2D eigenvalue weighted by Crippen LogP contribution is -2.42. The molecular weight excluding hydrogens is 506 g/mol. The maximum Gasteiger partial charge on any atom is 0.410 e. The summed E-state index contributed by atoms with van der Waals surface area (Å²) >= 11 is 6.24. The Balaban J connectivity index is 1.46. The number of nitrogens with zero attached hydrogens (tertiary/aromatic N) is 4. The number of benzene rings is 1.